The fourth-order valence-electron chi connectivity index (χ4n) is 2.30. The normalized spacial score (nSPS) is 18.2. The summed E-state index contributed by atoms with van der Waals surface area (Å²) in [4.78, 5) is 14.4. The van der Waals surface area contributed by atoms with Crippen molar-refractivity contribution in [2.24, 2.45) is 0 Å². The van der Waals surface area contributed by atoms with Gasteiger partial charge in [-0.15, -0.1) is 0 Å². The number of carbonyl (C=O) groups excluding carboxylic acids is 1. The predicted octanol–water partition coefficient (Wildman–Crippen LogP) is 2.26. The molecule has 1 aromatic rings. The molecule has 1 saturated heterocycles. The van der Waals surface area contributed by atoms with Crippen molar-refractivity contribution >= 4 is 29.4 Å². The number of ether oxygens (including phenoxy) is 1. The highest BCUT2D eigenvalue weighted by Gasteiger charge is 2.25. The van der Waals surface area contributed by atoms with Crippen LogP contribution in [0.4, 0.5) is 5.69 Å². The third-order valence-electron chi connectivity index (χ3n) is 3.52. The van der Waals surface area contributed by atoms with E-state index in [1.54, 1.807) is 13.2 Å². The average Bonchev–Trinajstić information content (AvgIpc) is 3.01. The Morgan fingerprint density at radius 2 is 2.24 bits per heavy atom. The molecule has 1 heterocycles. The number of nitrogen functional groups attached to an aromatic ring is 1. The van der Waals surface area contributed by atoms with Gasteiger partial charge in [0.05, 0.1) is 6.61 Å². The van der Waals surface area contributed by atoms with E-state index in [9.17, 15) is 4.79 Å². The van der Waals surface area contributed by atoms with Crippen LogP contribution in [0.2, 0.25) is 0 Å². The van der Waals surface area contributed by atoms with E-state index in [0.29, 0.717) is 19.2 Å². The van der Waals surface area contributed by atoms with E-state index < -0.39 is 0 Å². The van der Waals surface area contributed by atoms with Gasteiger partial charge in [-0.2, -0.15) is 11.8 Å². The van der Waals surface area contributed by atoms with E-state index in [1.807, 2.05) is 47.0 Å². The average molecular weight is 306 g/mol. The number of carbonyl (C=O) groups is 1. The van der Waals surface area contributed by atoms with Crippen molar-refractivity contribution in [1.82, 2.24) is 4.90 Å². The number of hydrogen-bond donors (Lipinski definition) is 1. The van der Waals surface area contributed by atoms with Crippen LogP contribution >= 0.6 is 11.8 Å². The first kappa shape index (κ1) is 15.9. The van der Waals surface area contributed by atoms with Gasteiger partial charge in [0.2, 0.25) is 5.91 Å². The highest BCUT2D eigenvalue weighted by molar-refractivity contribution is 7.99. The topological polar surface area (TPSA) is 55.6 Å². The highest BCUT2D eigenvalue weighted by atomic mass is 32.2. The molecule has 0 aromatic heterocycles. The molecule has 1 aliphatic heterocycles. The molecule has 1 aliphatic rings. The minimum Gasteiger partial charge on any atom is -0.399 e. The summed E-state index contributed by atoms with van der Waals surface area (Å²) in [6, 6.07) is 7.81. The Hall–Kier alpha value is -1.46. The number of nitrogens with zero attached hydrogens (tertiary/aromatic N) is 1. The Morgan fingerprint density at radius 1 is 1.48 bits per heavy atom. The quantitative estimate of drug-likeness (QED) is 0.647. The summed E-state index contributed by atoms with van der Waals surface area (Å²) >= 11 is 1.90. The van der Waals surface area contributed by atoms with Gasteiger partial charge < -0.3 is 15.4 Å². The number of rotatable bonds is 6. The molecule has 114 valence electrons. The Labute approximate surface area is 130 Å². The van der Waals surface area contributed by atoms with Gasteiger partial charge in [0, 0.05) is 37.2 Å². The summed E-state index contributed by atoms with van der Waals surface area (Å²) in [5.41, 5.74) is 7.36. The molecule has 1 amide bonds. The molecule has 1 unspecified atom stereocenters. The largest absolute Gasteiger partial charge is 0.399 e. The monoisotopic (exact) mass is 306 g/mol. The fourth-order valence-corrected chi connectivity index (χ4v) is 3.52. The van der Waals surface area contributed by atoms with Gasteiger partial charge >= 0.3 is 0 Å². The Morgan fingerprint density at radius 3 is 2.86 bits per heavy atom. The maximum Gasteiger partial charge on any atom is 0.246 e. The lowest BCUT2D eigenvalue weighted by Gasteiger charge is -2.27. The van der Waals surface area contributed by atoms with Gasteiger partial charge in [-0.3, -0.25) is 4.79 Å². The standard InChI is InChI=1S/C16H22N2O2S/c1-20-10-9-18(15-8-11-21-12-15)16(19)7-4-13-2-5-14(17)6-3-13/h2-7,15H,8-12,17H2,1H3/b7-4+. The van der Waals surface area contributed by atoms with E-state index in [1.165, 1.54) is 0 Å². The van der Waals surface area contributed by atoms with Gasteiger partial charge in [-0.1, -0.05) is 12.1 Å². The predicted molar refractivity (Wildman–Crippen MR) is 89.2 cm³/mol. The molecule has 0 spiro atoms. The first-order chi connectivity index (χ1) is 10.2. The van der Waals surface area contributed by atoms with Crippen LogP contribution in [-0.2, 0) is 9.53 Å². The van der Waals surface area contributed by atoms with Crippen LogP contribution in [-0.4, -0.2) is 48.6 Å². The molecule has 4 nitrogen and oxygen atoms in total. The fraction of sp³-hybridized carbons (Fsp3) is 0.438. The van der Waals surface area contributed by atoms with Gasteiger partial charge in [0.25, 0.3) is 0 Å². The molecule has 5 heteroatoms. The smallest absolute Gasteiger partial charge is 0.246 e. The number of amides is 1. The van der Waals surface area contributed by atoms with E-state index >= 15 is 0 Å². The molecule has 2 N–H and O–H groups in total. The first-order valence-corrected chi connectivity index (χ1v) is 8.27. The summed E-state index contributed by atoms with van der Waals surface area (Å²) in [5.74, 6) is 2.20. The number of benzene rings is 1. The number of thioether (sulfide) groups is 1. The second-order valence-corrected chi connectivity index (χ2v) is 6.19. The van der Waals surface area contributed by atoms with Crippen molar-refractivity contribution in [3.63, 3.8) is 0 Å². The number of nitrogens with two attached hydrogens (primary N) is 1. The summed E-state index contributed by atoms with van der Waals surface area (Å²) in [5, 5.41) is 0. The van der Waals surface area contributed by atoms with Crippen LogP contribution in [0.5, 0.6) is 0 Å². The van der Waals surface area contributed by atoms with Crippen LogP contribution < -0.4 is 5.73 Å². The van der Waals surface area contributed by atoms with Crippen molar-refractivity contribution in [2.75, 3.05) is 37.5 Å². The zero-order valence-electron chi connectivity index (χ0n) is 12.3. The second-order valence-electron chi connectivity index (χ2n) is 5.04. The van der Waals surface area contributed by atoms with E-state index in [-0.39, 0.29) is 5.91 Å². The third kappa shape index (κ3) is 4.79. The lowest BCUT2D eigenvalue weighted by atomic mass is 10.1. The molecule has 1 fully saturated rings. The Kier molecular flexibility index (Phi) is 6.14. The van der Waals surface area contributed by atoms with Crippen LogP contribution in [0.25, 0.3) is 6.08 Å². The lowest BCUT2D eigenvalue weighted by Crippen LogP contribution is -2.41. The SMILES string of the molecule is COCCN(C(=O)/C=C/c1ccc(N)cc1)C1CCSC1. The van der Waals surface area contributed by atoms with Crippen LogP contribution in [0.1, 0.15) is 12.0 Å². The summed E-state index contributed by atoms with van der Waals surface area (Å²) in [6.07, 6.45) is 4.55. The maximum atomic E-state index is 12.4. The molecule has 1 aromatic carbocycles. The van der Waals surface area contributed by atoms with Crippen molar-refractivity contribution in [3.05, 3.63) is 35.9 Å². The molecule has 0 aliphatic carbocycles. The molecular weight excluding hydrogens is 284 g/mol. The van der Waals surface area contributed by atoms with Crippen LogP contribution in [0.15, 0.2) is 30.3 Å². The van der Waals surface area contributed by atoms with Gasteiger partial charge in [0.1, 0.15) is 0 Å². The second kappa shape index (κ2) is 8.10. The molecular formula is C16H22N2O2S. The van der Waals surface area contributed by atoms with Gasteiger partial charge in [-0.25, -0.2) is 0 Å². The van der Waals surface area contributed by atoms with E-state index in [2.05, 4.69) is 0 Å². The molecule has 2 rings (SSSR count). The minimum absolute atomic E-state index is 0.0522. The first-order valence-electron chi connectivity index (χ1n) is 7.11. The maximum absolute atomic E-state index is 12.4. The molecule has 21 heavy (non-hydrogen) atoms. The van der Waals surface area contributed by atoms with Crippen molar-refractivity contribution < 1.29 is 9.53 Å². The van der Waals surface area contributed by atoms with E-state index in [0.717, 1.165) is 29.2 Å². The third-order valence-corrected chi connectivity index (χ3v) is 4.67. The molecule has 0 radical (unpaired) electrons. The molecule has 0 bridgehead atoms. The van der Waals surface area contributed by atoms with Crippen molar-refractivity contribution in [2.45, 2.75) is 12.5 Å². The number of methoxy groups -OCH3 is 1. The van der Waals surface area contributed by atoms with Gasteiger partial charge in [-0.05, 0) is 35.9 Å². The summed E-state index contributed by atoms with van der Waals surface area (Å²) in [7, 11) is 1.66. The van der Waals surface area contributed by atoms with Crippen LogP contribution in [0, 0.1) is 0 Å². The Bertz CT molecular complexity index is 482. The Balaban J connectivity index is 2.01. The minimum atomic E-state index is 0.0522. The summed E-state index contributed by atoms with van der Waals surface area (Å²) < 4.78 is 5.12. The molecule has 0 saturated carbocycles. The van der Waals surface area contributed by atoms with Crippen LogP contribution in [0.3, 0.4) is 0 Å². The number of anilines is 1. The lowest BCUT2D eigenvalue weighted by molar-refractivity contribution is -0.128. The highest BCUT2D eigenvalue weighted by Crippen LogP contribution is 2.22. The van der Waals surface area contributed by atoms with Crippen molar-refractivity contribution in [3.8, 4) is 0 Å². The van der Waals surface area contributed by atoms with Crippen molar-refractivity contribution in [1.29, 1.82) is 0 Å². The zero-order chi connectivity index (χ0) is 15.1. The van der Waals surface area contributed by atoms with E-state index in [4.69, 9.17) is 10.5 Å². The zero-order valence-corrected chi connectivity index (χ0v) is 13.1. The summed E-state index contributed by atoms with van der Waals surface area (Å²) in [6.45, 7) is 1.22. The van der Waals surface area contributed by atoms with Gasteiger partial charge in [0.15, 0.2) is 0 Å². The molecule has 1 atom stereocenters. The number of hydrogen-bond acceptors (Lipinski definition) is 4.